The molecule has 1 aromatic rings. The van der Waals surface area contributed by atoms with Crippen LogP contribution in [0.5, 0.6) is 5.75 Å². The molecule has 128 valence electrons. The number of fused-ring (bicyclic) bond motifs is 1. The van der Waals surface area contributed by atoms with Crippen molar-refractivity contribution in [1.29, 1.82) is 0 Å². The minimum absolute atomic E-state index is 0.794. The summed E-state index contributed by atoms with van der Waals surface area (Å²) in [6.45, 7) is 3.23. The summed E-state index contributed by atoms with van der Waals surface area (Å²) in [4.78, 5) is 0. The van der Waals surface area contributed by atoms with Crippen molar-refractivity contribution in [1.82, 2.24) is 5.32 Å². The molecule has 0 spiro atoms. The van der Waals surface area contributed by atoms with Crippen LogP contribution in [0.1, 0.15) is 43.2 Å². The number of ether oxygens (including phenoxy) is 1. The van der Waals surface area contributed by atoms with Gasteiger partial charge in [-0.3, -0.25) is 0 Å². The molecule has 1 aromatic carbocycles. The van der Waals surface area contributed by atoms with Crippen LogP contribution in [0.15, 0.2) is 18.2 Å². The average Bonchev–Trinajstić information content (AvgIpc) is 2.61. The Bertz CT molecular complexity index is 496. The Morgan fingerprint density at radius 3 is 2.78 bits per heavy atom. The molecule has 0 amide bonds. The Hall–Kier alpha value is -1.06. The molecule has 23 heavy (non-hydrogen) atoms. The van der Waals surface area contributed by atoms with Crippen LogP contribution in [-0.4, -0.2) is 26.7 Å². The lowest BCUT2D eigenvalue weighted by molar-refractivity contribution is 0.210. The van der Waals surface area contributed by atoms with E-state index in [1.54, 1.807) is 7.11 Å². The van der Waals surface area contributed by atoms with E-state index < -0.39 is 0 Å². The molecule has 3 N–H and O–H groups in total. The molecule has 2 aliphatic rings. The number of nitrogens with one attached hydrogen (secondary N) is 1. The second kappa shape index (κ2) is 8.16. The van der Waals surface area contributed by atoms with Gasteiger partial charge in [0.05, 0.1) is 7.11 Å². The normalized spacial score (nSPS) is 23.3. The third-order valence-corrected chi connectivity index (χ3v) is 5.98. The second-order valence-corrected chi connectivity index (χ2v) is 7.40. The quantitative estimate of drug-likeness (QED) is 0.847. The van der Waals surface area contributed by atoms with E-state index in [1.807, 2.05) is 0 Å². The topological polar surface area (TPSA) is 47.3 Å². The van der Waals surface area contributed by atoms with Crippen LogP contribution in [0.4, 0.5) is 0 Å². The maximum Gasteiger partial charge on any atom is 0.119 e. The van der Waals surface area contributed by atoms with Gasteiger partial charge in [0.15, 0.2) is 0 Å². The van der Waals surface area contributed by atoms with Crippen molar-refractivity contribution >= 4 is 0 Å². The summed E-state index contributed by atoms with van der Waals surface area (Å²) >= 11 is 0. The van der Waals surface area contributed by atoms with Crippen LogP contribution in [0.3, 0.4) is 0 Å². The Labute approximate surface area is 141 Å². The lowest BCUT2D eigenvalue weighted by atomic mass is 9.72. The molecule has 1 heterocycles. The third-order valence-electron chi connectivity index (χ3n) is 5.98. The van der Waals surface area contributed by atoms with Gasteiger partial charge in [-0.05, 0) is 106 Å². The molecule has 1 saturated heterocycles. The smallest absolute Gasteiger partial charge is 0.119 e. The predicted molar refractivity (Wildman–Crippen MR) is 95.9 cm³/mol. The van der Waals surface area contributed by atoms with Gasteiger partial charge in [0.2, 0.25) is 0 Å². The lowest BCUT2D eigenvalue weighted by Gasteiger charge is -2.35. The molecule has 1 aliphatic carbocycles. The fraction of sp³-hybridized carbons (Fsp3) is 0.700. The minimum atomic E-state index is 0.794. The fourth-order valence-corrected chi connectivity index (χ4v) is 4.60. The number of rotatable bonds is 6. The number of aryl methyl sites for hydroxylation is 1. The summed E-state index contributed by atoms with van der Waals surface area (Å²) in [5.41, 5.74) is 8.98. The molecule has 2 atom stereocenters. The zero-order chi connectivity index (χ0) is 16.1. The highest BCUT2D eigenvalue weighted by Crippen LogP contribution is 2.37. The van der Waals surface area contributed by atoms with Crippen molar-refractivity contribution in [2.45, 2.75) is 44.9 Å². The van der Waals surface area contributed by atoms with Crippen molar-refractivity contribution < 1.29 is 4.74 Å². The molecule has 0 saturated carbocycles. The van der Waals surface area contributed by atoms with Gasteiger partial charge in [0, 0.05) is 0 Å². The van der Waals surface area contributed by atoms with Gasteiger partial charge in [-0.25, -0.2) is 0 Å². The molecular formula is C20H32N2O. The first-order valence-corrected chi connectivity index (χ1v) is 9.36. The van der Waals surface area contributed by atoms with Crippen LogP contribution in [-0.2, 0) is 12.8 Å². The van der Waals surface area contributed by atoms with Crippen molar-refractivity contribution in [2.75, 3.05) is 26.7 Å². The zero-order valence-corrected chi connectivity index (χ0v) is 14.5. The number of nitrogens with two attached hydrogens (primary N) is 1. The van der Waals surface area contributed by atoms with Crippen LogP contribution in [0.2, 0.25) is 0 Å². The van der Waals surface area contributed by atoms with Gasteiger partial charge in [-0.1, -0.05) is 6.07 Å². The van der Waals surface area contributed by atoms with Gasteiger partial charge in [-0.2, -0.15) is 0 Å². The molecular weight excluding hydrogens is 284 g/mol. The van der Waals surface area contributed by atoms with E-state index in [2.05, 4.69) is 23.5 Å². The van der Waals surface area contributed by atoms with Crippen molar-refractivity contribution in [3.8, 4) is 5.75 Å². The van der Waals surface area contributed by atoms with Crippen LogP contribution in [0, 0.1) is 17.8 Å². The maximum atomic E-state index is 5.95. The zero-order valence-electron chi connectivity index (χ0n) is 14.5. The second-order valence-electron chi connectivity index (χ2n) is 7.40. The molecule has 3 nitrogen and oxygen atoms in total. The molecule has 2 unspecified atom stereocenters. The first-order chi connectivity index (χ1) is 11.3. The van der Waals surface area contributed by atoms with E-state index in [0.717, 1.165) is 30.0 Å². The average molecular weight is 316 g/mol. The van der Waals surface area contributed by atoms with E-state index in [1.165, 1.54) is 69.2 Å². The Kier molecular flexibility index (Phi) is 5.96. The van der Waals surface area contributed by atoms with Crippen molar-refractivity contribution in [3.05, 3.63) is 29.3 Å². The predicted octanol–water partition coefficient (Wildman–Crippen LogP) is 3.15. The van der Waals surface area contributed by atoms with Gasteiger partial charge in [0.1, 0.15) is 5.75 Å². The van der Waals surface area contributed by atoms with E-state index in [-0.39, 0.29) is 0 Å². The molecule has 0 aromatic heterocycles. The third kappa shape index (κ3) is 4.27. The highest BCUT2D eigenvalue weighted by atomic mass is 16.5. The summed E-state index contributed by atoms with van der Waals surface area (Å²) in [5, 5.41) is 3.49. The first kappa shape index (κ1) is 16.8. The molecule has 1 aliphatic heterocycles. The Balaban J connectivity index is 1.67. The van der Waals surface area contributed by atoms with Crippen molar-refractivity contribution in [2.24, 2.45) is 23.5 Å². The highest BCUT2D eigenvalue weighted by Gasteiger charge is 2.28. The largest absolute Gasteiger partial charge is 0.497 e. The van der Waals surface area contributed by atoms with Crippen LogP contribution < -0.4 is 15.8 Å². The van der Waals surface area contributed by atoms with E-state index in [4.69, 9.17) is 10.5 Å². The summed E-state index contributed by atoms with van der Waals surface area (Å²) in [6.07, 6.45) is 9.02. The summed E-state index contributed by atoms with van der Waals surface area (Å²) in [6, 6.07) is 6.62. The Morgan fingerprint density at radius 2 is 2.04 bits per heavy atom. The standard InChI is InChI=1S/C20H32N2O/c1-23-20-5-4-16-2-3-17(13-19(16)14-20)18(6-9-21)12-15-7-10-22-11-8-15/h4-5,14-15,17-18,22H,2-3,6-13,21H2,1H3. The molecule has 1 fully saturated rings. The molecule has 0 bridgehead atoms. The highest BCUT2D eigenvalue weighted by molar-refractivity contribution is 5.37. The number of hydrogen-bond acceptors (Lipinski definition) is 3. The SMILES string of the molecule is COc1ccc2c(c1)CC(C(CCN)CC1CCNCC1)CC2. The Morgan fingerprint density at radius 1 is 1.22 bits per heavy atom. The van der Waals surface area contributed by atoms with Gasteiger partial charge in [0.25, 0.3) is 0 Å². The minimum Gasteiger partial charge on any atom is -0.497 e. The maximum absolute atomic E-state index is 5.95. The van der Waals surface area contributed by atoms with Gasteiger partial charge < -0.3 is 15.8 Å². The molecule has 3 heteroatoms. The van der Waals surface area contributed by atoms with Gasteiger partial charge >= 0.3 is 0 Å². The van der Waals surface area contributed by atoms with Gasteiger partial charge in [-0.15, -0.1) is 0 Å². The lowest BCUT2D eigenvalue weighted by Crippen LogP contribution is -2.32. The number of hydrogen-bond donors (Lipinski definition) is 2. The van der Waals surface area contributed by atoms with Crippen molar-refractivity contribution in [3.63, 3.8) is 0 Å². The van der Waals surface area contributed by atoms with E-state index in [0.29, 0.717) is 0 Å². The van der Waals surface area contributed by atoms with Crippen LogP contribution >= 0.6 is 0 Å². The summed E-state index contributed by atoms with van der Waals surface area (Å²) in [5.74, 6) is 3.49. The number of methoxy groups -OCH3 is 1. The molecule has 0 radical (unpaired) electrons. The first-order valence-electron chi connectivity index (χ1n) is 9.36. The number of benzene rings is 1. The fourth-order valence-electron chi connectivity index (χ4n) is 4.60. The van der Waals surface area contributed by atoms with E-state index in [9.17, 15) is 0 Å². The monoisotopic (exact) mass is 316 g/mol. The van der Waals surface area contributed by atoms with Crippen LogP contribution in [0.25, 0.3) is 0 Å². The van der Waals surface area contributed by atoms with E-state index >= 15 is 0 Å². The summed E-state index contributed by atoms with van der Waals surface area (Å²) < 4.78 is 5.42. The number of piperidine rings is 1. The molecule has 3 rings (SSSR count). The summed E-state index contributed by atoms with van der Waals surface area (Å²) in [7, 11) is 1.76.